The van der Waals surface area contributed by atoms with Gasteiger partial charge in [-0.25, -0.2) is 9.97 Å². The number of aryl methyl sites for hydroxylation is 1. The minimum atomic E-state index is -0.596. The zero-order valence-electron chi connectivity index (χ0n) is 14.7. The Morgan fingerprint density at radius 1 is 1.46 bits per heavy atom. The van der Waals surface area contributed by atoms with Crippen molar-refractivity contribution in [2.45, 2.75) is 45.6 Å². The summed E-state index contributed by atoms with van der Waals surface area (Å²) in [4.78, 5) is 36.5. The second-order valence-corrected chi connectivity index (χ2v) is 8.72. The summed E-state index contributed by atoms with van der Waals surface area (Å²) in [6, 6.07) is -0.596. The van der Waals surface area contributed by atoms with E-state index in [9.17, 15) is 9.59 Å². The Balaban J connectivity index is 1.74. The predicted octanol–water partition coefficient (Wildman–Crippen LogP) is 3.63. The fraction of sp³-hybridized carbons (Fsp3) is 0.444. The lowest BCUT2D eigenvalue weighted by molar-refractivity contribution is -0.119. The Kier molecular flexibility index (Phi) is 4.62. The first kappa shape index (κ1) is 17.4. The van der Waals surface area contributed by atoms with Gasteiger partial charge >= 0.3 is 0 Å². The third-order valence-electron chi connectivity index (χ3n) is 4.93. The largest absolute Gasteiger partial charge is 0.300 e. The van der Waals surface area contributed by atoms with Crippen molar-refractivity contribution in [3.63, 3.8) is 0 Å². The molecule has 2 atom stereocenters. The van der Waals surface area contributed by atoms with Gasteiger partial charge < -0.3 is 5.32 Å². The SMILES string of the molecule is CCC(C(=O)Nc1nccs1)n1cnc2sc3c(c2c1=O)CCC(C)C3. The van der Waals surface area contributed by atoms with Gasteiger partial charge in [0.05, 0.1) is 11.7 Å². The van der Waals surface area contributed by atoms with Crippen molar-refractivity contribution in [3.05, 3.63) is 38.7 Å². The number of thiazole rings is 1. The molecule has 0 spiro atoms. The maximum absolute atomic E-state index is 13.2. The first-order valence-electron chi connectivity index (χ1n) is 8.80. The number of hydrogen-bond acceptors (Lipinski definition) is 6. The van der Waals surface area contributed by atoms with E-state index >= 15 is 0 Å². The summed E-state index contributed by atoms with van der Waals surface area (Å²) in [5, 5.41) is 5.84. The molecule has 0 aliphatic heterocycles. The minimum Gasteiger partial charge on any atom is -0.300 e. The van der Waals surface area contributed by atoms with Crippen molar-refractivity contribution in [1.29, 1.82) is 0 Å². The molecule has 0 fully saturated rings. The molecule has 3 aromatic heterocycles. The monoisotopic (exact) mass is 388 g/mol. The quantitative estimate of drug-likeness (QED) is 0.740. The van der Waals surface area contributed by atoms with Crippen molar-refractivity contribution in [1.82, 2.24) is 14.5 Å². The molecular weight excluding hydrogens is 368 g/mol. The van der Waals surface area contributed by atoms with E-state index in [2.05, 4.69) is 22.2 Å². The van der Waals surface area contributed by atoms with E-state index in [-0.39, 0.29) is 11.5 Å². The van der Waals surface area contributed by atoms with Crippen LogP contribution < -0.4 is 10.9 Å². The fourth-order valence-corrected chi connectivity index (χ4v) is 5.42. The van der Waals surface area contributed by atoms with Gasteiger partial charge in [0.25, 0.3) is 5.56 Å². The summed E-state index contributed by atoms with van der Waals surface area (Å²) in [5.41, 5.74) is 1.04. The molecule has 136 valence electrons. The van der Waals surface area contributed by atoms with Crippen molar-refractivity contribution >= 4 is 43.9 Å². The molecule has 26 heavy (non-hydrogen) atoms. The van der Waals surface area contributed by atoms with Crippen molar-refractivity contribution in [3.8, 4) is 0 Å². The van der Waals surface area contributed by atoms with Crippen molar-refractivity contribution in [2.75, 3.05) is 5.32 Å². The highest BCUT2D eigenvalue weighted by atomic mass is 32.1. The van der Waals surface area contributed by atoms with Gasteiger partial charge in [-0.05, 0) is 37.2 Å². The van der Waals surface area contributed by atoms with Crippen LogP contribution >= 0.6 is 22.7 Å². The van der Waals surface area contributed by atoms with Crippen molar-refractivity contribution in [2.24, 2.45) is 5.92 Å². The zero-order chi connectivity index (χ0) is 18.3. The molecule has 6 nitrogen and oxygen atoms in total. The normalized spacial score (nSPS) is 17.8. The Bertz CT molecular complexity index is 1010. The summed E-state index contributed by atoms with van der Waals surface area (Å²) >= 11 is 2.98. The first-order valence-corrected chi connectivity index (χ1v) is 10.5. The summed E-state index contributed by atoms with van der Waals surface area (Å²) in [5.74, 6) is 0.411. The molecule has 3 aromatic rings. The molecule has 1 N–H and O–H groups in total. The van der Waals surface area contributed by atoms with Crippen LogP contribution in [0, 0.1) is 5.92 Å². The van der Waals surface area contributed by atoms with Crippen LogP contribution in [0.25, 0.3) is 10.2 Å². The Labute approximate surface area is 158 Å². The van der Waals surface area contributed by atoms with E-state index in [1.807, 2.05) is 6.92 Å². The van der Waals surface area contributed by atoms with Crippen LogP contribution in [0.3, 0.4) is 0 Å². The first-order chi connectivity index (χ1) is 12.6. The van der Waals surface area contributed by atoms with E-state index < -0.39 is 6.04 Å². The minimum absolute atomic E-state index is 0.108. The third-order valence-corrected chi connectivity index (χ3v) is 6.78. The van der Waals surface area contributed by atoms with Crippen LogP contribution in [0.1, 0.15) is 43.2 Å². The van der Waals surface area contributed by atoms with Gasteiger partial charge in [-0.1, -0.05) is 13.8 Å². The molecule has 4 rings (SSSR count). The maximum Gasteiger partial charge on any atom is 0.263 e. The van der Waals surface area contributed by atoms with Crippen LogP contribution in [0.5, 0.6) is 0 Å². The second-order valence-electron chi connectivity index (χ2n) is 6.74. The number of hydrogen-bond donors (Lipinski definition) is 1. The molecule has 1 aliphatic rings. The van der Waals surface area contributed by atoms with E-state index in [0.717, 1.165) is 29.7 Å². The topological polar surface area (TPSA) is 76.9 Å². The van der Waals surface area contributed by atoms with E-state index in [0.29, 0.717) is 22.9 Å². The Morgan fingerprint density at radius 2 is 2.31 bits per heavy atom. The Morgan fingerprint density at radius 3 is 3.04 bits per heavy atom. The molecule has 0 saturated heterocycles. The van der Waals surface area contributed by atoms with Crippen LogP contribution in [-0.2, 0) is 17.6 Å². The number of anilines is 1. The number of fused-ring (bicyclic) bond motifs is 3. The van der Waals surface area contributed by atoms with Gasteiger partial charge in [-0.2, -0.15) is 0 Å². The highest BCUT2D eigenvalue weighted by Gasteiger charge is 2.26. The Hall–Kier alpha value is -2.06. The highest BCUT2D eigenvalue weighted by molar-refractivity contribution is 7.18. The summed E-state index contributed by atoms with van der Waals surface area (Å²) in [6.07, 6.45) is 6.69. The third kappa shape index (κ3) is 2.97. The predicted molar refractivity (Wildman–Crippen MR) is 105 cm³/mol. The molecule has 1 aliphatic carbocycles. The number of nitrogens with zero attached hydrogens (tertiary/aromatic N) is 3. The highest BCUT2D eigenvalue weighted by Crippen LogP contribution is 2.35. The lowest BCUT2D eigenvalue weighted by Crippen LogP contribution is -2.33. The van der Waals surface area contributed by atoms with Crippen LogP contribution in [0.4, 0.5) is 5.13 Å². The molecule has 0 saturated carbocycles. The van der Waals surface area contributed by atoms with Gasteiger partial charge in [-0.15, -0.1) is 22.7 Å². The maximum atomic E-state index is 13.2. The number of rotatable bonds is 4. The van der Waals surface area contributed by atoms with Crippen molar-refractivity contribution < 1.29 is 4.79 Å². The number of carbonyl (C=O) groups excluding carboxylic acids is 1. The van der Waals surface area contributed by atoms with Crippen LogP contribution in [0.2, 0.25) is 0 Å². The van der Waals surface area contributed by atoms with Crippen LogP contribution in [0.15, 0.2) is 22.7 Å². The summed E-state index contributed by atoms with van der Waals surface area (Å²) < 4.78 is 1.48. The lowest BCUT2D eigenvalue weighted by atomic mass is 9.89. The molecule has 0 bridgehead atoms. The summed E-state index contributed by atoms with van der Waals surface area (Å²) in [6.45, 7) is 4.14. The molecule has 0 radical (unpaired) electrons. The van der Waals surface area contributed by atoms with Gasteiger partial charge in [0.2, 0.25) is 5.91 Å². The van der Waals surface area contributed by atoms with Gasteiger partial charge in [-0.3, -0.25) is 14.2 Å². The zero-order valence-corrected chi connectivity index (χ0v) is 16.3. The molecule has 3 heterocycles. The lowest BCUT2D eigenvalue weighted by Gasteiger charge is -2.18. The van der Waals surface area contributed by atoms with Gasteiger partial charge in [0, 0.05) is 16.5 Å². The molecule has 0 aromatic carbocycles. The number of carbonyl (C=O) groups is 1. The molecule has 1 amide bonds. The number of aromatic nitrogens is 3. The summed E-state index contributed by atoms with van der Waals surface area (Å²) in [7, 11) is 0. The number of nitrogens with one attached hydrogen (secondary N) is 1. The van der Waals surface area contributed by atoms with Gasteiger partial charge in [0.1, 0.15) is 10.9 Å². The van der Waals surface area contributed by atoms with E-state index in [1.54, 1.807) is 22.9 Å². The molecular formula is C18H20N4O2S2. The standard InChI is InChI=1S/C18H20N4O2S2/c1-3-12(15(23)21-18-19-6-7-25-18)22-9-20-16-14(17(22)24)11-5-4-10(2)8-13(11)26-16/h6-7,9-10,12H,3-5,8H2,1-2H3,(H,19,21,23). The van der Waals surface area contributed by atoms with Gasteiger partial charge in [0.15, 0.2) is 5.13 Å². The van der Waals surface area contributed by atoms with E-state index in [1.165, 1.54) is 27.1 Å². The average molecular weight is 389 g/mol. The van der Waals surface area contributed by atoms with E-state index in [4.69, 9.17) is 0 Å². The fourth-order valence-electron chi connectivity index (χ4n) is 3.55. The second kappa shape index (κ2) is 6.92. The molecule has 2 unspecified atom stereocenters. The number of amides is 1. The molecule has 8 heteroatoms. The average Bonchev–Trinajstić information content (AvgIpc) is 3.24. The van der Waals surface area contributed by atoms with Crippen LogP contribution in [-0.4, -0.2) is 20.4 Å². The smallest absolute Gasteiger partial charge is 0.263 e. The number of thiophene rings is 1.